The van der Waals surface area contributed by atoms with Gasteiger partial charge in [-0.15, -0.1) is 0 Å². The van der Waals surface area contributed by atoms with Crippen LogP contribution in [0.3, 0.4) is 0 Å². The molecule has 1 aromatic rings. The Balaban J connectivity index is 2.09. The summed E-state index contributed by atoms with van der Waals surface area (Å²) < 4.78 is 1.62. The second kappa shape index (κ2) is 4.87. The number of likely N-dealkylation sites (tertiary alicyclic amines) is 1. The molecule has 2 heterocycles. The molecule has 1 aromatic heterocycles. The smallest absolute Gasteiger partial charge is 0.272 e. The Morgan fingerprint density at radius 2 is 2.41 bits per heavy atom. The highest BCUT2D eigenvalue weighted by Crippen LogP contribution is 2.23. The number of carbonyl (C=O) groups is 1. The summed E-state index contributed by atoms with van der Waals surface area (Å²) in [7, 11) is 1.79. The van der Waals surface area contributed by atoms with E-state index in [2.05, 4.69) is 12.0 Å². The van der Waals surface area contributed by atoms with Crippen molar-refractivity contribution in [3.8, 4) is 0 Å². The minimum Gasteiger partial charge on any atom is -0.337 e. The summed E-state index contributed by atoms with van der Waals surface area (Å²) in [5.74, 6) is 1.09. The summed E-state index contributed by atoms with van der Waals surface area (Å²) in [6.07, 6.45) is 2.69. The summed E-state index contributed by atoms with van der Waals surface area (Å²) in [5.41, 5.74) is 6.40. The Hall–Kier alpha value is -1.36. The molecular weight excluding hydrogens is 216 g/mol. The van der Waals surface area contributed by atoms with E-state index in [9.17, 15) is 4.79 Å². The fourth-order valence-corrected chi connectivity index (χ4v) is 2.39. The number of nitrogens with two attached hydrogens (primary N) is 1. The molecule has 0 radical (unpaired) electrons. The molecule has 0 saturated carbocycles. The van der Waals surface area contributed by atoms with Crippen LogP contribution in [0.15, 0.2) is 12.3 Å². The van der Waals surface area contributed by atoms with Gasteiger partial charge in [-0.3, -0.25) is 9.48 Å². The van der Waals surface area contributed by atoms with Gasteiger partial charge in [0.25, 0.3) is 5.91 Å². The molecule has 0 aliphatic carbocycles. The van der Waals surface area contributed by atoms with Crippen molar-refractivity contribution in [2.45, 2.75) is 13.3 Å². The Morgan fingerprint density at radius 3 is 3.00 bits per heavy atom. The van der Waals surface area contributed by atoms with Crippen molar-refractivity contribution in [2.75, 3.05) is 19.6 Å². The molecule has 1 saturated heterocycles. The van der Waals surface area contributed by atoms with Gasteiger partial charge in [-0.25, -0.2) is 0 Å². The first-order valence-electron chi connectivity index (χ1n) is 6.10. The molecule has 1 aliphatic rings. The standard InChI is InChI=1S/C12H20N4O/c1-9-4-6-16(8-10(9)7-13)12(17)11-3-5-14-15(11)2/h3,5,9-10H,4,6-8,13H2,1-2H3. The van der Waals surface area contributed by atoms with Gasteiger partial charge < -0.3 is 10.6 Å². The van der Waals surface area contributed by atoms with Crippen LogP contribution in [0, 0.1) is 11.8 Å². The number of carbonyl (C=O) groups excluding carboxylic acids is 1. The van der Waals surface area contributed by atoms with Gasteiger partial charge in [0.2, 0.25) is 0 Å². The van der Waals surface area contributed by atoms with Crippen molar-refractivity contribution in [1.82, 2.24) is 14.7 Å². The van der Waals surface area contributed by atoms with E-state index >= 15 is 0 Å². The normalized spacial score (nSPS) is 25.0. The van der Waals surface area contributed by atoms with Crippen molar-refractivity contribution in [1.29, 1.82) is 0 Å². The van der Waals surface area contributed by atoms with Gasteiger partial charge in [0.15, 0.2) is 0 Å². The molecule has 0 spiro atoms. The average Bonchev–Trinajstić information content (AvgIpc) is 2.75. The van der Waals surface area contributed by atoms with Gasteiger partial charge in [-0.05, 0) is 30.9 Å². The first kappa shape index (κ1) is 12.1. The van der Waals surface area contributed by atoms with Crippen LogP contribution in [0.2, 0.25) is 0 Å². The number of rotatable bonds is 2. The van der Waals surface area contributed by atoms with Crippen LogP contribution in [0.25, 0.3) is 0 Å². The zero-order valence-electron chi connectivity index (χ0n) is 10.5. The first-order chi connectivity index (χ1) is 8.13. The van der Waals surface area contributed by atoms with E-state index in [0.717, 1.165) is 19.5 Å². The lowest BCUT2D eigenvalue weighted by Gasteiger charge is -2.36. The number of amides is 1. The van der Waals surface area contributed by atoms with Crippen LogP contribution in [0.5, 0.6) is 0 Å². The number of hydrogen-bond acceptors (Lipinski definition) is 3. The first-order valence-corrected chi connectivity index (χ1v) is 6.10. The zero-order valence-corrected chi connectivity index (χ0v) is 10.5. The lowest BCUT2D eigenvalue weighted by Crippen LogP contribution is -2.45. The topological polar surface area (TPSA) is 64.2 Å². The van der Waals surface area contributed by atoms with Gasteiger partial charge in [-0.2, -0.15) is 5.10 Å². The Bertz CT molecular complexity index is 401. The maximum atomic E-state index is 12.3. The van der Waals surface area contributed by atoms with Crippen LogP contribution < -0.4 is 5.73 Å². The Morgan fingerprint density at radius 1 is 1.65 bits per heavy atom. The van der Waals surface area contributed by atoms with Crippen LogP contribution in [0.1, 0.15) is 23.8 Å². The molecule has 1 fully saturated rings. The SMILES string of the molecule is CC1CCN(C(=O)c2ccnn2C)CC1CN. The minimum absolute atomic E-state index is 0.0651. The molecule has 5 heteroatoms. The molecule has 0 aromatic carbocycles. The van der Waals surface area contributed by atoms with E-state index in [1.54, 1.807) is 24.0 Å². The highest BCUT2D eigenvalue weighted by molar-refractivity contribution is 5.92. The largest absolute Gasteiger partial charge is 0.337 e. The van der Waals surface area contributed by atoms with E-state index in [4.69, 9.17) is 5.73 Å². The minimum atomic E-state index is 0.0651. The van der Waals surface area contributed by atoms with Crippen molar-refractivity contribution in [3.05, 3.63) is 18.0 Å². The molecule has 0 bridgehead atoms. The second-order valence-corrected chi connectivity index (χ2v) is 4.85. The Labute approximate surface area is 102 Å². The lowest BCUT2D eigenvalue weighted by molar-refractivity contribution is 0.0607. The Kier molecular flexibility index (Phi) is 3.47. The average molecular weight is 236 g/mol. The fraction of sp³-hybridized carbons (Fsp3) is 0.667. The zero-order chi connectivity index (χ0) is 12.4. The summed E-state index contributed by atoms with van der Waals surface area (Å²) in [6.45, 7) is 4.45. The molecule has 5 nitrogen and oxygen atoms in total. The van der Waals surface area contributed by atoms with E-state index in [0.29, 0.717) is 24.1 Å². The van der Waals surface area contributed by atoms with Crippen LogP contribution in [0.4, 0.5) is 0 Å². The number of hydrogen-bond donors (Lipinski definition) is 1. The molecule has 1 aliphatic heterocycles. The number of piperidine rings is 1. The molecule has 17 heavy (non-hydrogen) atoms. The predicted octanol–water partition coefficient (Wildman–Crippen LogP) is 0.477. The van der Waals surface area contributed by atoms with Crippen LogP contribution in [-0.4, -0.2) is 40.2 Å². The summed E-state index contributed by atoms with van der Waals surface area (Å²) in [5, 5.41) is 4.03. The predicted molar refractivity (Wildman–Crippen MR) is 65.4 cm³/mol. The summed E-state index contributed by atoms with van der Waals surface area (Å²) in [4.78, 5) is 14.2. The van der Waals surface area contributed by atoms with Gasteiger partial charge in [0.05, 0.1) is 0 Å². The van der Waals surface area contributed by atoms with Crippen molar-refractivity contribution in [2.24, 2.45) is 24.6 Å². The maximum Gasteiger partial charge on any atom is 0.272 e. The van der Waals surface area contributed by atoms with Crippen molar-refractivity contribution < 1.29 is 4.79 Å². The van der Waals surface area contributed by atoms with E-state index in [1.165, 1.54) is 0 Å². The van der Waals surface area contributed by atoms with E-state index in [1.807, 2.05) is 4.90 Å². The summed E-state index contributed by atoms with van der Waals surface area (Å²) >= 11 is 0. The highest BCUT2D eigenvalue weighted by Gasteiger charge is 2.29. The number of aryl methyl sites for hydroxylation is 1. The molecule has 2 rings (SSSR count). The van der Waals surface area contributed by atoms with Gasteiger partial charge in [0, 0.05) is 26.3 Å². The maximum absolute atomic E-state index is 12.3. The lowest BCUT2D eigenvalue weighted by atomic mass is 9.87. The fourth-order valence-electron chi connectivity index (χ4n) is 2.39. The number of nitrogens with zero attached hydrogens (tertiary/aromatic N) is 3. The molecular formula is C12H20N4O. The van der Waals surface area contributed by atoms with Gasteiger partial charge in [0.1, 0.15) is 5.69 Å². The quantitative estimate of drug-likeness (QED) is 0.812. The third-order valence-electron chi connectivity index (χ3n) is 3.74. The van der Waals surface area contributed by atoms with E-state index in [-0.39, 0.29) is 5.91 Å². The molecule has 94 valence electrons. The molecule has 2 N–H and O–H groups in total. The van der Waals surface area contributed by atoms with Crippen molar-refractivity contribution in [3.63, 3.8) is 0 Å². The monoisotopic (exact) mass is 236 g/mol. The van der Waals surface area contributed by atoms with Gasteiger partial charge >= 0.3 is 0 Å². The summed E-state index contributed by atoms with van der Waals surface area (Å²) in [6, 6.07) is 1.76. The van der Waals surface area contributed by atoms with Crippen LogP contribution >= 0.6 is 0 Å². The van der Waals surface area contributed by atoms with Crippen LogP contribution in [-0.2, 0) is 7.05 Å². The number of aromatic nitrogens is 2. The molecule has 1 amide bonds. The van der Waals surface area contributed by atoms with Gasteiger partial charge in [-0.1, -0.05) is 6.92 Å². The molecule has 2 atom stereocenters. The van der Waals surface area contributed by atoms with E-state index < -0.39 is 0 Å². The van der Waals surface area contributed by atoms with Crippen molar-refractivity contribution >= 4 is 5.91 Å². The molecule has 2 unspecified atom stereocenters. The third kappa shape index (κ3) is 2.34. The third-order valence-corrected chi connectivity index (χ3v) is 3.74. The highest BCUT2D eigenvalue weighted by atomic mass is 16.2. The second-order valence-electron chi connectivity index (χ2n) is 4.85.